The standard InChI is InChI=1S/C16H20N4O/c1-10(2)14(15-11(3)6-5-7-17-15)20-16(21)13-9-18-12(4)8-19-13/h5-10,14H,1-4H3,(H,20,21)/t14-/m1/s1. The van der Waals surface area contributed by atoms with E-state index in [4.69, 9.17) is 0 Å². The van der Waals surface area contributed by atoms with Crippen molar-refractivity contribution in [3.8, 4) is 0 Å². The quantitative estimate of drug-likeness (QED) is 0.937. The highest BCUT2D eigenvalue weighted by Gasteiger charge is 2.22. The summed E-state index contributed by atoms with van der Waals surface area (Å²) < 4.78 is 0. The van der Waals surface area contributed by atoms with Gasteiger partial charge < -0.3 is 5.32 Å². The Morgan fingerprint density at radius 3 is 2.48 bits per heavy atom. The zero-order valence-electron chi connectivity index (χ0n) is 12.8. The molecule has 0 unspecified atom stereocenters. The Bertz CT molecular complexity index is 622. The molecule has 0 aliphatic heterocycles. The Kier molecular flexibility index (Phi) is 4.62. The summed E-state index contributed by atoms with van der Waals surface area (Å²) in [7, 11) is 0. The van der Waals surface area contributed by atoms with E-state index in [1.807, 2.05) is 26.0 Å². The number of pyridine rings is 1. The van der Waals surface area contributed by atoms with Crippen LogP contribution in [0.4, 0.5) is 0 Å². The molecule has 0 aliphatic carbocycles. The minimum Gasteiger partial charge on any atom is -0.342 e. The van der Waals surface area contributed by atoms with Crippen LogP contribution in [0.3, 0.4) is 0 Å². The fraction of sp³-hybridized carbons (Fsp3) is 0.375. The highest BCUT2D eigenvalue weighted by molar-refractivity contribution is 5.92. The van der Waals surface area contributed by atoms with Gasteiger partial charge in [0, 0.05) is 12.4 Å². The number of aromatic nitrogens is 3. The van der Waals surface area contributed by atoms with Gasteiger partial charge in [0.1, 0.15) is 5.69 Å². The van der Waals surface area contributed by atoms with E-state index in [1.54, 1.807) is 12.4 Å². The lowest BCUT2D eigenvalue weighted by atomic mass is 9.97. The number of rotatable bonds is 4. The number of amides is 1. The molecular weight excluding hydrogens is 264 g/mol. The number of carbonyl (C=O) groups excluding carboxylic acids is 1. The Balaban J connectivity index is 2.23. The molecule has 0 saturated heterocycles. The van der Waals surface area contributed by atoms with Crippen LogP contribution in [-0.4, -0.2) is 20.9 Å². The van der Waals surface area contributed by atoms with Gasteiger partial charge >= 0.3 is 0 Å². The zero-order valence-corrected chi connectivity index (χ0v) is 12.8. The molecule has 0 saturated carbocycles. The minimum absolute atomic E-state index is 0.151. The van der Waals surface area contributed by atoms with E-state index in [-0.39, 0.29) is 17.9 Å². The first-order valence-electron chi connectivity index (χ1n) is 7.00. The maximum absolute atomic E-state index is 12.3. The van der Waals surface area contributed by atoms with Crippen molar-refractivity contribution in [1.82, 2.24) is 20.3 Å². The van der Waals surface area contributed by atoms with Crippen molar-refractivity contribution in [2.45, 2.75) is 33.7 Å². The van der Waals surface area contributed by atoms with Crippen LogP contribution in [0.15, 0.2) is 30.7 Å². The van der Waals surface area contributed by atoms with Crippen molar-refractivity contribution in [3.63, 3.8) is 0 Å². The first kappa shape index (κ1) is 15.1. The normalized spacial score (nSPS) is 12.2. The lowest BCUT2D eigenvalue weighted by Gasteiger charge is -2.23. The fourth-order valence-electron chi connectivity index (χ4n) is 2.10. The minimum atomic E-state index is -0.230. The van der Waals surface area contributed by atoms with Crippen molar-refractivity contribution >= 4 is 5.91 Å². The average Bonchev–Trinajstić information content (AvgIpc) is 2.46. The van der Waals surface area contributed by atoms with E-state index in [1.165, 1.54) is 6.20 Å². The molecule has 2 aromatic heterocycles. The number of nitrogens with zero attached hydrogens (tertiary/aromatic N) is 3. The van der Waals surface area contributed by atoms with Gasteiger partial charge in [0.25, 0.3) is 5.91 Å². The molecule has 0 aromatic carbocycles. The van der Waals surface area contributed by atoms with Gasteiger partial charge in [0.2, 0.25) is 0 Å². The molecule has 2 rings (SSSR count). The lowest BCUT2D eigenvalue weighted by molar-refractivity contribution is 0.0918. The molecule has 1 atom stereocenters. The molecule has 0 bridgehead atoms. The van der Waals surface area contributed by atoms with E-state index in [0.29, 0.717) is 5.69 Å². The van der Waals surface area contributed by atoms with E-state index < -0.39 is 0 Å². The summed E-state index contributed by atoms with van der Waals surface area (Å²) in [6, 6.07) is 3.74. The predicted molar refractivity (Wildman–Crippen MR) is 80.8 cm³/mol. The van der Waals surface area contributed by atoms with Crippen molar-refractivity contribution < 1.29 is 4.79 Å². The van der Waals surface area contributed by atoms with Crippen LogP contribution >= 0.6 is 0 Å². The predicted octanol–water partition coefficient (Wildman–Crippen LogP) is 2.62. The summed E-state index contributed by atoms with van der Waals surface area (Å²) in [4.78, 5) is 24.9. The van der Waals surface area contributed by atoms with Crippen LogP contribution in [0.5, 0.6) is 0 Å². The third-order valence-electron chi connectivity index (χ3n) is 3.31. The molecule has 110 valence electrons. The average molecular weight is 284 g/mol. The zero-order chi connectivity index (χ0) is 15.4. The fourth-order valence-corrected chi connectivity index (χ4v) is 2.10. The van der Waals surface area contributed by atoms with Crippen molar-refractivity contribution in [2.75, 3.05) is 0 Å². The molecule has 2 aromatic rings. The molecule has 1 amide bonds. The molecule has 0 aliphatic rings. The van der Waals surface area contributed by atoms with Crippen LogP contribution in [0, 0.1) is 19.8 Å². The Labute approximate surface area is 124 Å². The summed E-state index contributed by atoms with van der Waals surface area (Å²) >= 11 is 0. The van der Waals surface area contributed by atoms with Crippen molar-refractivity contribution in [1.29, 1.82) is 0 Å². The highest BCUT2D eigenvalue weighted by atomic mass is 16.1. The monoisotopic (exact) mass is 284 g/mol. The van der Waals surface area contributed by atoms with Crippen molar-refractivity contribution in [2.24, 2.45) is 5.92 Å². The Morgan fingerprint density at radius 2 is 1.90 bits per heavy atom. The van der Waals surface area contributed by atoms with Gasteiger partial charge in [-0.15, -0.1) is 0 Å². The van der Waals surface area contributed by atoms with Crippen LogP contribution < -0.4 is 5.32 Å². The van der Waals surface area contributed by atoms with Crippen LogP contribution in [0.2, 0.25) is 0 Å². The maximum Gasteiger partial charge on any atom is 0.272 e. The van der Waals surface area contributed by atoms with E-state index in [9.17, 15) is 4.79 Å². The summed E-state index contributed by atoms with van der Waals surface area (Å²) in [6.45, 7) is 7.94. The molecule has 0 radical (unpaired) electrons. The number of aryl methyl sites for hydroxylation is 2. The second-order valence-electron chi connectivity index (χ2n) is 5.44. The molecular formula is C16H20N4O. The SMILES string of the molecule is Cc1cnc(C(=O)N[C@@H](c2ncccc2C)C(C)C)cn1. The highest BCUT2D eigenvalue weighted by Crippen LogP contribution is 2.22. The van der Waals surface area contributed by atoms with Gasteiger partial charge in [-0.25, -0.2) is 4.98 Å². The first-order chi connectivity index (χ1) is 9.99. The molecule has 0 spiro atoms. The Morgan fingerprint density at radius 1 is 1.14 bits per heavy atom. The van der Waals surface area contributed by atoms with Gasteiger partial charge in [-0.05, 0) is 31.4 Å². The molecule has 0 fully saturated rings. The van der Waals surface area contributed by atoms with Gasteiger partial charge in [0.15, 0.2) is 0 Å². The summed E-state index contributed by atoms with van der Waals surface area (Å²) in [5.41, 5.74) is 3.06. The van der Waals surface area contributed by atoms with E-state index in [0.717, 1.165) is 17.0 Å². The second-order valence-corrected chi connectivity index (χ2v) is 5.44. The largest absolute Gasteiger partial charge is 0.342 e. The first-order valence-corrected chi connectivity index (χ1v) is 7.00. The topological polar surface area (TPSA) is 67.8 Å². The smallest absolute Gasteiger partial charge is 0.272 e. The van der Waals surface area contributed by atoms with Crippen LogP contribution in [0.1, 0.15) is 47.3 Å². The number of carbonyl (C=O) groups is 1. The second kappa shape index (κ2) is 6.43. The van der Waals surface area contributed by atoms with E-state index in [2.05, 4.69) is 34.1 Å². The maximum atomic E-state index is 12.3. The van der Waals surface area contributed by atoms with E-state index >= 15 is 0 Å². The van der Waals surface area contributed by atoms with Crippen molar-refractivity contribution in [3.05, 3.63) is 53.4 Å². The molecule has 5 heteroatoms. The molecule has 5 nitrogen and oxygen atoms in total. The van der Waals surface area contributed by atoms with Crippen LogP contribution in [0.25, 0.3) is 0 Å². The number of hydrogen-bond acceptors (Lipinski definition) is 4. The molecule has 2 heterocycles. The third-order valence-corrected chi connectivity index (χ3v) is 3.31. The Hall–Kier alpha value is -2.30. The van der Waals surface area contributed by atoms with Gasteiger partial charge in [-0.3, -0.25) is 14.8 Å². The summed E-state index contributed by atoms with van der Waals surface area (Å²) in [5.74, 6) is -0.00721. The number of nitrogens with one attached hydrogen (secondary N) is 1. The van der Waals surface area contributed by atoms with Crippen LogP contribution in [-0.2, 0) is 0 Å². The lowest BCUT2D eigenvalue weighted by Crippen LogP contribution is -2.33. The third kappa shape index (κ3) is 3.62. The molecule has 1 N–H and O–H groups in total. The van der Waals surface area contributed by atoms with Gasteiger partial charge in [-0.1, -0.05) is 19.9 Å². The summed E-state index contributed by atoms with van der Waals surface area (Å²) in [5, 5.41) is 3.01. The molecule has 21 heavy (non-hydrogen) atoms. The van der Waals surface area contributed by atoms with Gasteiger partial charge in [0.05, 0.1) is 23.6 Å². The summed E-state index contributed by atoms with van der Waals surface area (Å²) in [6.07, 6.45) is 4.83. The number of hydrogen-bond donors (Lipinski definition) is 1. The van der Waals surface area contributed by atoms with Gasteiger partial charge in [-0.2, -0.15) is 0 Å².